The first-order valence-corrected chi connectivity index (χ1v) is 12.5. The molecule has 0 bridgehead atoms. The van der Waals surface area contributed by atoms with Gasteiger partial charge in [0.2, 0.25) is 5.91 Å². The van der Waals surface area contributed by atoms with Gasteiger partial charge in [0.15, 0.2) is 0 Å². The summed E-state index contributed by atoms with van der Waals surface area (Å²) in [4.78, 5) is 22.4. The number of anilines is 1. The second-order valence-electron chi connectivity index (χ2n) is 9.27. The van der Waals surface area contributed by atoms with Crippen molar-refractivity contribution in [2.24, 2.45) is 0 Å². The molecule has 1 fully saturated rings. The molecule has 184 valence electrons. The summed E-state index contributed by atoms with van der Waals surface area (Å²) in [6.07, 6.45) is 0.298. The van der Waals surface area contributed by atoms with Crippen molar-refractivity contribution in [3.63, 3.8) is 0 Å². The number of carbonyl (C=O) groups is 1. The molecule has 0 radical (unpaired) electrons. The smallest absolute Gasteiger partial charge is 0.224 e. The average Bonchev–Trinajstić information content (AvgIpc) is 2.90. The van der Waals surface area contributed by atoms with Gasteiger partial charge in [0.05, 0.1) is 11.9 Å². The maximum absolute atomic E-state index is 13.2. The molecular weight excluding hydrogens is 451 g/mol. The maximum atomic E-state index is 13.2. The van der Waals surface area contributed by atoms with Crippen LogP contribution in [0, 0.1) is 12.7 Å². The Kier molecular flexibility index (Phi) is 7.23. The minimum atomic E-state index is -0.210. The predicted molar refractivity (Wildman–Crippen MR) is 144 cm³/mol. The van der Waals surface area contributed by atoms with E-state index in [0.717, 1.165) is 71.7 Å². The lowest BCUT2D eigenvalue weighted by Gasteiger charge is -2.36. The average molecular weight is 483 g/mol. The van der Waals surface area contributed by atoms with Gasteiger partial charge in [-0.1, -0.05) is 48.5 Å². The van der Waals surface area contributed by atoms with E-state index in [1.807, 2.05) is 55.5 Å². The fraction of sp³-hybridized carbons (Fsp3) is 0.267. The van der Waals surface area contributed by atoms with E-state index < -0.39 is 0 Å². The van der Waals surface area contributed by atoms with Crippen LogP contribution in [0.4, 0.5) is 10.1 Å². The Balaban J connectivity index is 1.20. The number of aryl methyl sites for hydroxylation is 1. The number of amides is 1. The van der Waals surface area contributed by atoms with Crippen LogP contribution in [0.3, 0.4) is 0 Å². The van der Waals surface area contributed by atoms with E-state index >= 15 is 0 Å². The molecule has 2 heterocycles. The molecule has 1 saturated heterocycles. The van der Waals surface area contributed by atoms with Crippen molar-refractivity contribution in [3.05, 3.63) is 95.9 Å². The molecule has 0 unspecified atom stereocenters. The van der Waals surface area contributed by atoms with E-state index in [-0.39, 0.29) is 11.7 Å². The Morgan fingerprint density at radius 2 is 1.61 bits per heavy atom. The van der Waals surface area contributed by atoms with Crippen molar-refractivity contribution in [3.8, 4) is 11.1 Å². The van der Waals surface area contributed by atoms with Crippen LogP contribution < -0.4 is 10.2 Å². The van der Waals surface area contributed by atoms with Crippen molar-refractivity contribution in [1.29, 1.82) is 0 Å². The number of piperazine rings is 1. The highest BCUT2D eigenvalue weighted by molar-refractivity contribution is 5.98. The second-order valence-corrected chi connectivity index (χ2v) is 9.27. The van der Waals surface area contributed by atoms with Crippen LogP contribution in [0.1, 0.15) is 11.3 Å². The molecule has 0 aliphatic carbocycles. The van der Waals surface area contributed by atoms with Gasteiger partial charge in [0.1, 0.15) is 5.82 Å². The zero-order chi connectivity index (χ0) is 24.9. The van der Waals surface area contributed by atoms with Crippen molar-refractivity contribution < 1.29 is 9.18 Å². The topological polar surface area (TPSA) is 48.5 Å². The SMILES string of the molecule is Cc1nc2ccccc2c(-c2ccccc2)c1CC(=O)NCCN1CCN(c2ccc(F)cc2)CC1. The zero-order valence-corrected chi connectivity index (χ0v) is 20.6. The van der Waals surface area contributed by atoms with E-state index in [0.29, 0.717) is 13.0 Å². The van der Waals surface area contributed by atoms with E-state index in [9.17, 15) is 9.18 Å². The van der Waals surface area contributed by atoms with Crippen molar-refractivity contribution in [2.45, 2.75) is 13.3 Å². The van der Waals surface area contributed by atoms with Crippen molar-refractivity contribution in [2.75, 3.05) is 44.2 Å². The molecule has 1 aromatic heterocycles. The van der Waals surface area contributed by atoms with Gasteiger partial charge in [-0.2, -0.15) is 0 Å². The van der Waals surface area contributed by atoms with Crippen LogP contribution >= 0.6 is 0 Å². The lowest BCUT2D eigenvalue weighted by Crippen LogP contribution is -2.48. The first-order chi connectivity index (χ1) is 17.6. The van der Waals surface area contributed by atoms with Gasteiger partial charge in [-0.3, -0.25) is 14.7 Å². The van der Waals surface area contributed by atoms with Gasteiger partial charge in [-0.25, -0.2) is 4.39 Å². The maximum Gasteiger partial charge on any atom is 0.224 e. The summed E-state index contributed by atoms with van der Waals surface area (Å²) in [7, 11) is 0. The van der Waals surface area contributed by atoms with Gasteiger partial charge in [0, 0.05) is 56.0 Å². The van der Waals surface area contributed by atoms with Crippen LogP contribution in [0.25, 0.3) is 22.0 Å². The third-order valence-electron chi connectivity index (χ3n) is 6.91. The Labute approximate surface area is 211 Å². The fourth-order valence-electron chi connectivity index (χ4n) is 4.98. The fourth-order valence-corrected chi connectivity index (χ4v) is 4.98. The van der Waals surface area contributed by atoms with E-state index in [2.05, 4.69) is 33.3 Å². The lowest BCUT2D eigenvalue weighted by atomic mass is 9.92. The normalized spacial score (nSPS) is 14.2. The summed E-state index contributed by atoms with van der Waals surface area (Å²) in [6.45, 7) is 7.02. The highest BCUT2D eigenvalue weighted by atomic mass is 19.1. The first kappa shape index (κ1) is 23.9. The molecule has 0 saturated carbocycles. The zero-order valence-electron chi connectivity index (χ0n) is 20.6. The van der Waals surface area contributed by atoms with Gasteiger partial charge < -0.3 is 10.2 Å². The number of rotatable bonds is 7. The number of carbonyl (C=O) groups excluding carboxylic acids is 1. The Morgan fingerprint density at radius 1 is 0.917 bits per heavy atom. The minimum Gasteiger partial charge on any atom is -0.369 e. The van der Waals surface area contributed by atoms with Gasteiger partial charge in [-0.05, 0) is 53.9 Å². The highest BCUT2D eigenvalue weighted by Gasteiger charge is 2.19. The molecule has 6 heteroatoms. The summed E-state index contributed by atoms with van der Waals surface area (Å²) >= 11 is 0. The number of pyridine rings is 1. The molecule has 1 aliphatic heterocycles. The number of aromatic nitrogens is 1. The van der Waals surface area contributed by atoms with Crippen LogP contribution in [0.15, 0.2) is 78.9 Å². The molecular formula is C30H31FN4O. The number of hydrogen-bond acceptors (Lipinski definition) is 4. The Bertz CT molecular complexity index is 1330. The van der Waals surface area contributed by atoms with Crippen molar-refractivity contribution in [1.82, 2.24) is 15.2 Å². The van der Waals surface area contributed by atoms with Gasteiger partial charge in [0.25, 0.3) is 0 Å². The first-order valence-electron chi connectivity index (χ1n) is 12.5. The molecule has 0 spiro atoms. The predicted octanol–water partition coefficient (Wildman–Crippen LogP) is 4.83. The van der Waals surface area contributed by atoms with Crippen molar-refractivity contribution >= 4 is 22.5 Å². The monoisotopic (exact) mass is 482 g/mol. The second kappa shape index (κ2) is 10.9. The molecule has 1 amide bonds. The molecule has 3 aromatic carbocycles. The lowest BCUT2D eigenvalue weighted by molar-refractivity contribution is -0.120. The number of para-hydroxylation sites is 1. The van der Waals surface area contributed by atoms with Crippen LogP contribution in [-0.4, -0.2) is 55.1 Å². The number of halogens is 1. The van der Waals surface area contributed by atoms with Crippen LogP contribution in [0.2, 0.25) is 0 Å². The molecule has 0 atom stereocenters. The third-order valence-corrected chi connectivity index (χ3v) is 6.91. The minimum absolute atomic E-state index is 0.0114. The number of fused-ring (bicyclic) bond motifs is 1. The Hall–Kier alpha value is -3.77. The number of nitrogens with zero attached hydrogens (tertiary/aromatic N) is 3. The third kappa shape index (κ3) is 5.39. The van der Waals surface area contributed by atoms with Crippen LogP contribution in [0.5, 0.6) is 0 Å². The summed E-state index contributed by atoms with van der Waals surface area (Å²) in [6, 6.07) is 25.0. The highest BCUT2D eigenvalue weighted by Crippen LogP contribution is 2.33. The summed E-state index contributed by atoms with van der Waals surface area (Å²) < 4.78 is 13.2. The van der Waals surface area contributed by atoms with Crippen LogP contribution in [-0.2, 0) is 11.2 Å². The van der Waals surface area contributed by atoms with E-state index in [1.54, 1.807) is 0 Å². The molecule has 5 rings (SSSR count). The number of hydrogen-bond donors (Lipinski definition) is 1. The number of benzene rings is 3. The number of nitrogens with one attached hydrogen (secondary N) is 1. The van der Waals surface area contributed by atoms with Gasteiger partial charge >= 0.3 is 0 Å². The summed E-state index contributed by atoms with van der Waals surface area (Å²) in [5.74, 6) is -0.198. The van der Waals surface area contributed by atoms with E-state index in [1.165, 1.54) is 12.1 Å². The summed E-state index contributed by atoms with van der Waals surface area (Å²) in [5.41, 5.74) is 6.05. The Morgan fingerprint density at radius 3 is 2.36 bits per heavy atom. The standard InChI is InChI=1S/C30H31FN4O/c1-22-27(30(23-7-3-2-4-8-23)26-9-5-6-10-28(26)33-22)21-29(36)32-15-16-34-17-19-35(20-18-34)25-13-11-24(31)12-14-25/h2-14H,15-21H2,1H3,(H,32,36). The molecule has 36 heavy (non-hydrogen) atoms. The van der Waals surface area contributed by atoms with E-state index in [4.69, 9.17) is 4.98 Å². The van der Waals surface area contributed by atoms with Gasteiger partial charge in [-0.15, -0.1) is 0 Å². The molecule has 5 nitrogen and oxygen atoms in total. The quantitative estimate of drug-likeness (QED) is 0.410. The largest absolute Gasteiger partial charge is 0.369 e. The molecule has 4 aromatic rings. The summed E-state index contributed by atoms with van der Waals surface area (Å²) in [5, 5.41) is 4.18. The molecule has 1 aliphatic rings. The molecule has 1 N–H and O–H groups in total.